The summed E-state index contributed by atoms with van der Waals surface area (Å²) in [5.41, 5.74) is 8.53. The van der Waals surface area contributed by atoms with Crippen LogP contribution in [0.1, 0.15) is 43.4 Å². The van der Waals surface area contributed by atoms with Crippen molar-refractivity contribution < 1.29 is 13.2 Å². The van der Waals surface area contributed by atoms with E-state index in [9.17, 15) is 8.42 Å². The van der Waals surface area contributed by atoms with Crippen LogP contribution in [0.25, 0.3) is 0 Å². The summed E-state index contributed by atoms with van der Waals surface area (Å²) < 4.78 is 28.8. The van der Waals surface area contributed by atoms with E-state index >= 15 is 0 Å². The van der Waals surface area contributed by atoms with E-state index < -0.39 is 9.84 Å². The maximum absolute atomic E-state index is 11.6. The van der Waals surface area contributed by atoms with Crippen molar-refractivity contribution in [2.75, 3.05) is 18.1 Å². The van der Waals surface area contributed by atoms with Gasteiger partial charge in [-0.05, 0) is 48.9 Å². The monoisotopic (exact) mass is 297 g/mol. The lowest BCUT2D eigenvalue weighted by Crippen LogP contribution is -2.18. The van der Waals surface area contributed by atoms with E-state index in [-0.39, 0.29) is 24.2 Å². The highest BCUT2D eigenvalue weighted by molar-refractivity contribution is 7.91. The average Bonchev–Trinajstić information content (AvgIpc) is 2.39. The molecule has 112 valence electrons. The van der Waals surface area contributed by atoms with Crippen LogP contribution in [0.4, 0.5) is 0 Å². The molecule has 0 bridgehead atoms. The maximum Gasteiger partial charge on any atom is 0.153 e. The third kappa shape index (κ3) is 3.96. The van der Waals surface area contributed by atoms with Gasteiger partial charge in [-0.15, -0.1) is 0 Å². The Morgan fingerprint density at radius 3 is 2.90 bits per heavy atom. The van der Waals surface area contributed by atoms with Crippen molar-refractivity contribution in [1.82, 2.24) is 0 Å². The first kappa shape index (κ1) is 15.3. The van der Waals surface area contributed by atoms with Crippen LogP contribution in [0.2, 0.25) is 0 Å². The van der Waals surface area contributed by atoms with Crippen molar-refractivity contribution >= 4 is 9.84 Å². The Hall–Kier alpha value is -1.07. The van der Waals surface area contributed by atoms with E-state index in [4.69, 9.17) is 10.5 Å². The van der Waals surface area contributed by atoms with Gasteiger partial charge >= 0.3 is 0 Å². The molecule has 2 rings (SSSR count). The van der Waals surface area contributed by atoms with Gasteiger partial charge < -0.3 is 10.5 Å². The van der Waals surface area contributed by atoms with Crippen LogP contribution in [0.15, 0.2) is 18.2 Å². The molecule has 20 heavy (non-hydrogen) atoms. The van der Waals surface area contributed by atoms with Gasteiger partial charge in [-0.1, -0.05) is 13.0 Å². The molecule has 5 heteroatoms. The molecule has 0 fully saturated rings. The second-order valence-electron chi connectivity index (χ2n) is 5.36. The molecule has 0 unspecified atom stereocenters. The van der Waals surface area contributed by atoms with Gasteiger partial charge in [0.15, 0.2) is 9.84 Å². The van der Waals surface area contributed by atoms with Gasteiger partial charge in [-0.3, -0.25) is 0 Å². The number of sulfone groups is 1. The lowest BCUT2D eigenvalue weighted by molar-refractivity contribution is 0.339. The van der Waals surface area contributed by atoms with Crippen LogP contribution in [0.3, 0.4) is 0 Å². The molecule has 0 spiro atoms. The quantitative estimate of drug-likeness (QED) is 0.874. The summed E-state index contributed by atoms with van der Waals surface area (Å²) in [4.78, 5) is 0. The normalized spacial score (nSPS) is 18.6. The fraction of sp³-hybridized carbons (Fsp3) is 0.600. The number of benzene rings is 1. The van der Waals surface area contributed by atoms with E-state index in [0.717, 1.165) is 24.8 Å². The average molecular weight is 297 g/mol. The van der Waals surface area contributed by atoms with Crippen molar-refractivity contribution in [3.63, 3.8) is 0 Å². The van der Waals surface area contributed by atoms with Crippen LogP contribution >= 0.6 is 0 Å². The zero-order valence-corrected chi connectivity index (χ0v) is 12.8. The first-order valence-electron chi connectivity index (χ1n) is 7.23. The molecule has 2 N–H and O–H groups in total. The fourth-order valence-corrected chi connectivity index (χ4v) is 3.77. The molecule has 1 aliphatic rings. The molecule has 4 nitrogen and oxygen atoms in total. The van der Waals surface area contributed by atoms with Crippen molar-refractivity contribution in [3.05, 3.63) is 29.3 Å². The Labute approximate surface area is 121 Å². The molecule has 0 radical (unpaired) electrons. The highest BCUT2D eigenvalue weighted by Crippen LogP contribution is 2.30. The second-order valence-corrected chi connectivity index (χ2v) is 7.66. The highest BCUT2D eigenvalue weighted by atomic mass is 32.2. The van der Waals surface area contributed by atoms with E-state index in [1.807, 2.05) is 25.1 Å². The van der Waals surface area contributed by atoms with Gasteiger partial charge in [-0.2, -0.15) is 0 Å². The van der Waals surface area contributed by atoms with Crippen LogP contribution in [0.5, 0.6) is 5.75 Å². The zero-order chi connectivity index (χ0) is 14.6. The standard InChI is InChI=1S/C15H23NO3S/c1-2-9-20(17,18)10-8-19-13-7-6-12-4-3-5-15(16)14(12)11-13/h6-7,11,15H,2-5,8-10,16H2,1H3/t15-/m0/s1. The molecular formula is C15H23NO3S. The lowest BCUT2D eigenvalue weighted by atomic mass is 9.88. The first-order valence-corrected chi connectivity index (χ1v) is 9.05. The van der Waals surface area contributed by atoms with Gasteiger partial charge in [0.25, 0.3) is 0 Å². The summed E-state index contributed by atoms with van der Waals surface area (Å²) in [5, 5.41) is 0. The molecule has 0 saturated heterocycles. The minimum absolute atomic E-state index is 0.0734. The lowest BCUT2D eigenvalue weighted by Gasteiger charge is -2.22. The number of nitrogens with two attached hydrogens (primary N) is 1. The maximum atomic E-state index is 11.6. The second kappa shape index (κ2) is 6.59. The van der Waals surface area contributed by atoms with Gasteiger partial charge in [-0.25, -0.2) is 8.42 Å². The summed E-state index contributed by atoms with van der Waals surface area (Å²) in [6, 6.07) is 5.99. The number of ether oxygens (including phenoxy) is 1. The Kier molecular flexibility index (Phi) is 5.05. The number of hydrogen-bond acceptors (Lipinski definition) is 4. The molecule has 1 aromatic rings. The van der Waals surface area contributed by atoms with Crippen LogP contribution < -0.4 is 10.5 Å². The first-order chi connectivity index (χ1) is 9.52. The number of rotatable bonds is 6. The van der Waals surface area contributed by atoms with Crippen molar-refractivity contribution in [3.8, 4) is 5.75 Å². The van der Waals surface area contributed by atoms with Crippen molar-refractivity contribution in [2.24, 2.45) is 5.73 Å². The summed E-state index contributed by atoms with van der Waals surface area (Å²) in [5.74, 6) is 1.02. The minimum Gasteiger partial charge on any atom is -0.493 e. The van der Waals surface area contributed by atoms with Gasteiger partial charge in [0.05, 0.1) is 11.5 Å². The predicted molar refractivity (Wildman–Crippen MR) is 80.7 cm³/mol. The van der Waals surface area contributed by atoms with Gasteiger partial charge in [0.2, 0.25) is 0 Å². The molecule has 0 amide bonds. The van der Waals surface area contributed by atoms with E-state index in [1.165, 1.54) is 5.56 Å². The topological polar surface area (TPSA) is 69.4 Å². The smallest absolute Gasteiger partial charge is 0.153 e. The molecule has 0 saturated carbocycles. The Bertz CT molecular complexity index is 554. The summed E-state index contributed by atoms with van der Waals surface area (Å²) in [7, 11) is -2.98. The molecule has 0 aliphatic heterocycles. The third-order valence-corrected chi connectivity index (χ3v) is 5.48. The Morgan fingerprint density at radius 2 is 2.15 bits per heavy atom. The van der Waals surface area contributed by atoms with E-state index in [2.05, 4.69) is 0 Å². The zero-order valence-electron chi connectivity index (χ0n) is 12.0. The van der Waals surface area contributed by atoms with Crippen LogP contribution in [0, 0.1) is 0 Å². The SMILES string of the molecule is CCCS(=O)(=O)CCOc1ccc2c(c1)[C@@H](N)CCC2. The highest BCUT2D eigenvalue weighted by Gasteiger charge is 2.17. The number of fused-ring (bicyclic) bond motifs is 1. The largest absolute Gasteiger partial charge is 0.493 e. The summed E-state index contributed by atoms with van der Waals surface area (Å²) in [6.07, 6.45) is 3.84. The molecule has 1 aliphatic carbocycles. The van der Waals surface area contributed by atoms with Crippen molar-refractivity contribution in [2.45, 2.75) is 38.6 Å². The Morgan fingerprint density at radius 1 is 1.35 bits per heavy atom. The van der Waals surface area contributed by atoms with E-state index in [0.29, 0.717) is 12.2 Å². The van der Waals surface area contributed by atoms with E-state index in [1.54, 1.807) is 0 Å². The van der Waals surface area contributed by atoms with Gasteiger partial charge in [0.1, 0.15) is 12.4 Å². The fourth-order valence-electron chi connectivity index (χ4n) is 2.60. The molecular weight excluding hydrogens is 274 g/mol. The van der Waals surface area contributed by atoms with Gasteiger partial charge in [0, 0.05) is 6.04 Å². The Balaban J connectivity index is 1.96. The van der Waals surface area contributed by atoms with Crippen molar-refractivity contribution in [1.29, 1.82) is 0 Å². The molecule has 1 atom stereocenters. The van der Waals surface area contributed by atoms with Crippen LogP contribution in [-0.2, 0) is 16.3 Å². The third-order valence-electron chi connectivity index (χ3n) is 3.66. The number of aryl methyl sites for hydroxylation is 1. The molecule has 0 aromatic heterocycles. The summed E-state index contributed by atoms with van der Waals surface area (Å²) >= 11 is 0. The number of hydrogen-bond donors (Lipinski definition) is 1. The summed E-state index contributed by atoms with van der Waals surface area (Å²) in [6.45, 7) is 2.07. The molecule has 1 aromatic carbocycles. The predicted octanol–water partition coefficient (Wildman–Crippen LogP) is 2.23. The minimum atomic E-state index is -2.98. The van der Waals surface area contributed by atoms with Crippen LogP contribution in [-0.4, -0.2) is 26.5 Å². The molecule has 0 heterocycles.